The third kappa shape index (κ3) is 6.50. The van der Waals surface area contributed by atoms with Crippen LogP contribution in [-0.4, -0.2) is 48.3 Å². The van der Waals surface area contributed by atoms with E-state index in [2.05, 4.69) is 10.2 Å². The molecule has 0 radical (unpaired) electrons. The molecule has 146 valence electrons. The van der Waals surface area contributed by atoms with Crippen molar-refractivity contribution in [3.05, 3.63) is 60.1 Å². The Bertz CT molecular complexity index is 667. The van der Waals surface area contributed by atoms with Crippen molar-refractivity contribution in [2.75, 3.05) is 26.2 Å². The van der Waals surface area contributed by atoms with E-state index in [1.54, 1.807) is 6.26 Å². The van der Waals surface area contributed by atoms with E-state index in [4.69, 9.17) is 9.15 Å². The molecule has 0 aliphatic carbocycles. The number of benzene rings is 1. The molecule has 1 amide bonds. The predicted molar refractivity (Wildman–Crippen MR) is 102 cm³/mol. The Morgan fingerprint density at radius 1 is 1.22 bits per heavy atom. The lowest BCUT2D eigenvalue weighted by Gasteiger charge is -2.32. The zero-order valence-electron chi connectivity index (χ0n) is 15.5. The number of carbonyl (C=O) groups is 1. The summed E-state index contributed by atoms with van der Waals surface area (Å²) >= 11 is 0. The molecule has 1 atom stereocenters. The van der Waals surface area contributed by atoms with Crippen molar-refractivity contribution in [2.24, 2.45) is 5.92 Å². The van der Waals surface area contributed by atoms with Gasteiger partial charge in [-0.05, 0) is 43.6 Å². The first-order valence-corrected chi connectivity index (χ1v) is 9.53. The third-order valence-corrected chi connectivity index (χ3v) is 4.87. The summed E-state index contributed by atoms with van der Waals surface area (Å²) in [6, 6.07) is 13.6. The van der Waals surface area contributed by atoms with E-state index in [0.29, 0.717) is 19.7 Å². The van der Waals surface area contributed by atoms with Crippen LogP contribution in [0, 0.1) is 5.92 Å². The standard InChI is InChI=1S/C21H28N2O4/c24-19(15-26-16-20-7-4-12-27-20)14-23-10-8-18(9-11-23)21(25)22-13-17-5-2-1-3-6-17/h1-7,12,18-19,24H,8-11,13-16H2,(H,22,25). The molecule has 1 unspecified atom stereocenters. The van der Waals surface area contributed by atoms with Crippen LogP contribution in [0.15, 0.2) is 53.1 Å². The van der Waals surface area contributed by atoms with Crippen molar-refractivity contribution in [1.82, 2.24) is 10.2 Å². The van der Waals surface area contributed by atoms with Crippen molar-refractivity contribution in [1.29, 1.82) is 0 Å². The lowest BCUT2D eigenvalue weighted by atomic mass is 9.95. The fraction of sp³-hybridized carbons (Fsp3) is 0.476. The Hall–Kier alpha value is -2.15. The monoisotopic (exact) mass is 372 g/mol. The minimum Gasteiger partial charge on any atom is -0.467 e. The van der Waals surface area contributed by atoms with Gasteiger partial charge in [0.25, 0.3) is 0 Å². The number of aliphatic hydroxyl groups is 1. The molecule has 2 N–H and O–H groups in total. The molecule has 0 bridgehead atoms. The highest BCUT2D eigenvalue weighted by atomic mass is 16.5. The first-order valence-electron chi connectivity index (χ1n) is 9.53. The number of hydrogen-bond acceptors (Lipinski definition) is 5. The van der Waals surface area contributed by atoms with Crippen LogP contribution >= 0.6 is 0 Å². The molecule has 1 aliphatic heterocycles. The molecule has 2 heterocycles. The maximum absolute atomic E-state index is 12.3. The van der Waals surface area contributed by atoms with E-state index in [1.165, 1.54) is 0 Å². The molecule has 1 aromatic heterocycles. The second-order valence-corrected chi connectivity index (χ2v) is 7.03. The Balaban J connectivity index is 1.30. The lowest BCUT2D eigenvalue weighted by molar-refractivity contribution is -0.126. The van der Waals surface area contributed by atoms with E-state index < -0.39 is 6.10 Å². The number of carbonyl (C=O) groups excluding carboxylic acids is 1. The van der Waals surface area contributed by atoms with Gasteiger partial charge in [0.15, 0.2) is 0 Å². The number of furan rings is 1. The molecular weight excluding hydrogens is 344 g/mol. The molecule has 0 saturated carbocycles. The number of likely N-dealkylation sites (tertiary alicyclic amines) is 1. The van der Waals surface area contributed by atoms with Crippen LogP contribution in [0.1, 0.15) is 24.2 Å². The second kappa shape index (κ2) is 10.3. The number of aliphatic hydroxyl groups excluding tert-OH is 1. The Labute approximate surface area is 160 Å². The largest absolute Gasteiger partial charge is 0.467 e. The summed E-state index contributed by atoms with van der Waals surface area (Å²) in [5.74, 6) is 0.933. The maximum Gasteiger partial charge on any atom is 0.223 e. The normalized spacial score (nSPS) is 16.9. The van der Waals surface area contributed by atoms with Gasteiger partial charge in [-0.15, -0.1) is 0 Å². The van der Waals surface area contributed by atoms with Crippen molar-refractivity contribution >= 4 is 5.91 Å². The fourth-order valence-corrected chi connectivity index (χ4v) is 3.35. The number of rotatable bonds is 9. The van der Waals surface area contributed by atoms with E-state index in [-0.39, 0.29) is 18.4 Å². The van der Waals surface area contributed by atoms with E-state index in [9.17, 15) is 9.90 Å². The van der Waals surface area contributed by atoms with E-state index >= 15 is 0 Å². The van der Waals surface area contributed by atoms with Crippen LogP contribution in [-0.2, 0) is 22.7 Å². The Morgan fingerprint density at radius 2 is 2.00 bits per heavy atom. The number of nitrogens with one attached hydrogen (secondary N) is 1. The first kappa shape index (κ1) is 19.6. The summed E-state index contributed by atoms with van der Waals surface area (Å²) in [6.45, 7) is 3.42. The highest BCUT2D eigenvalue weighted by Crippen LogP contribution is 2.18. The highest BCUT2D eigenvalue weighted by molar-refractivity contribution is 5.78. The fourth-order valence-electron chi connectivity index (χ4n) is 3.35. The molecule has 1 saturated heterocycles. The van der Waals surface area contributed by atoms with Gasteiger partial charge in [-0.1, -0.05) is 30.3 Å². The lowest BCUT2D eigenvalue weighted by Crippen LogP contribution is -2.43. The van der Waals surface area contributed by atoms with Gasteiger partial charge in [-0.3, -0.25) is 4.79 Å². The van der Waals surface area contributed by atoms with E-state index in [1.807, 2.05) is 42.5 Å². The van der Waals surface area contributed by atoms with Crippen LogP contribution < -0.4 is 5.32 Å². The summed E-state index contributed by atoms with van der Waals surface area (Å²) in [5.41, 5.74) is 1.11. The Kier molecular flexibility index (Phi) is 7.45. The minimum absolute atomic E-state index is 0.0531. The van der Waals surface area contributed by atoms with Crippen LogP contribution in [0.5, 0.6) is 0 Å². The topological polar surface area (TPSA) is 74.9 Å². The quantitative estimate of drug-likeness (QED) is 0.706. The number of ether oxygens (including phenoxy) is 1. The van der Waals surface area contributed by atoms with Crippen molar-refractivity contribution in [3.63, 3.8) is 0 Å². The summed E-state index contributed by atoms with van der Waals surface area (Å²) in [6.07, 6.45) is 2.71. The number of β-amino-alcohol motifs (C(OH)–C–C–N with tert-alkyl or cyclic N) is 1. The van der Waals surface area contributed by atoms with E-state index in [0.717, 1.165) is 37.3 Å². The number of nitrogens with zero attached hydrogens (tertiary/aromatic N) is 1. The van der Waals surface area contributed by atoms with Crippen LogP contribution in [0.4, 0.5) is 0 Å². The number of piperidine rings is 1. The maximum atomic E-state index is 12.3. The van der Waals surface area contributed by atoms with Crippen molar-refractivity contribution in [3.8, 4) is 0 Å². The highest BCUT2D eigenvalue weighted by Gasteiger charge is 2.25. The SMILES string of the molecule is O=C(NCc1ccccc1)C1CCN(CC(O)COCc2ccco2)CC1. The van der Waals surface area contributed by atoms with Gasteiger partial charge in [0.2, 0.25) is 5.91 Å². The van der Waals surface area contributed by atoms with Crippen LogP contribution in [0.2, 0.25) is 0 Å². The van der Waals surface area contributed by atoms with Crippen LogP contribution in [0.3, 0.4) is 0 Å². The van der Waals surface area contributed by atoms with Gasteiger partial charge in [0, 0.05) is 19.0 Å². The molecule has 0 spiro atoms. The van der Waals surface area contributed by atoms with Crippen molar-refractivity contribution in [2.45, 2.75) is 32.1 Å². The summed E-state index contributed by atoms with van der Waals surface area (Å²) < 4.78 is 10.7. The molecule has 2 aromatic rings. The Morgan fingerprint density at radius 3 is 2.70 bits per heavy atom. The number of hydrogen-bond donors (Lipinski definition) is 2. The zero-order chi connectivity index (χ0) is 18.9. The third-order valence-electron chi connectivity index (χ3n) is 4.87. The summed E-state index contributed by atoms with van der Waals surface area (Å²) in [5, 5.41) is 13.2. The predicted octanol–water partition coefficient (Wildman–Crippen LogP) is 2.19. The zero-order valence-corrected chi connectivity index (χ0v) is 15.5. The smallest absolute Gasteiger partial charge is 0.223 e. The molecule has 6 heteroatoms. The minimum atomic E-state index is -0.539. The molecule has 27 heavy (non-hydrogen) atoms. The van der Waals surface area contributed by atoms with Crippen LogP contribution in [0.25, 0.3) is 0 Å². The van der Waals surface area contributed by atoms with Gasteiger partial charge in [-0.25, -0.2) is 0 Å². The number of amides is 1. The first-order chi connectivity index (χ1) is 13.2. The van der Waals surface area contributed by atoms with Gasteiger partial charge >= 0.3 is 0 Å². The molecule has 6 nitrogen and oxygen atoms in total. The van der Waals surface area contributed by atoms with Gasteiger partial charge in [0.05, 0.1) is 19.0 Å². The molecule has 1 aromatic carbocycles. The van der Waals surface area contributed by atoms with Gasteiger partial charge in [0.1, 0.15) is 12.4 Å². The molecular formula is C21H28N2O4. The summed E-state index contributed by atoms with van der Waals surface area (Å²) in [7, 11) is 0. The second-order valence-electron chi connectivity index (χ2n) is 7.03. The average molecular weight is 372 g/mol. The molecule has 1 fully saturated rings. The molecule has 1 aliphatic rings. The van der Waals surface area contributed by atoms with Gasteiger partial charge < -0.3 is 24.5 Å². The average Bonchev–Trinajstić information content (AvgIpc) is 3.21. The molecule has 3 rings (SSSR count). The van der Waals surface area contributed by atoms with Gasteiger partial charge in [-0.2, -0.15) is 0 Å². The van der Waals surface area contributed by atoms with Crippen molar-refractivity contribution < 1.29 is 19.1 Å². The summed E-state index contributed by atoms with van der Waals surface area (Å²) in [4.78, 5) is 14.5.